The Balaban J connectivity index is 1.29. The molecule has 3 heterocycles. The van der Waals surface area contributed by atoms with Gasteiger partial charge < -0.3 is 0 Å². The number of hydrogen-bond acceptors (Lipinski definition) is 2. The minimum absolute atomic E-state index is 0.912. The second-order valence-electron chi connectivity index (χ2n) is 12.2. The Morgan fingerprint density at radius 2 is 1.00 bits per heavy atom. The number of imidazole rings is 1. The molecular weight excluding hydrogens is 571 g/mol. The third-order valence-electron chi connectivity index (χ3n) is 9.54. The minimum Gasteiger partial charge on any atom is -0.298 e. The largest absolute Gasteiger partial charge is 0.298 e. The lowest BCUT2D eigenvalue weighted by atomic mass is 9.85. The Kier molecular flexibility index (Phi) is 5.57. The highest BCUT2D eigenvalue weighted by molar-refractivity contribution is 6.22. The molecule has 0 aliphatic heterocycles. The molecule has 218 valence electrons. The molecule has 0 spiro atoms. The predicted molar refractivity (Wildman–Crippen MR) is 197 cm³/mol. The highest BCUT2D eigenvalue weighted by Gasteiger charge is 2.20. The zero-order valence-corrected chi connectivity index (χ0v) is 25.4. The summed E-state index contributed by atoms with van der Waals surface area (Å²) in [5.41, 5.74) is 10.7. The van der Waals surface area contributed by atoms with Crippen molar-refractivity contribution in [2.45, 2.75) is 0 Å². The van der Waals surface area contributed by atoms with Crippen LogP contribution in [0.4, 0.5) is 0 Å². The Hall–Kier alpha value is -6.32. The van der Waals surface area contributed by atoms with Crippen LogP contribution in [-0.2, 0) is 0 Å². The molecule has 3 aromatic heterocycles. The van der Waals surface area contributed by atoms with Crippen molar-refractivity contribution in [1.29, 1.82) is 0 Å². The first-order valence-electron chi connectivity index (χ1n) is 16.0. The molecule has 0 N–H and O–H groups in total. The first-order valence-corrected chi connectivity index (χ1v) is 16.0. The lowest BCUT2D eigenvalue weighted by Gasteiger charge is -2.18. The molecule has 0 saturated heterocycles. The van der Waals surface area contributed by atoms with E-state index in [0.717, 1.165) is 44.4 Å². The second-order valence-corrected chi connectivity index (χ2v) is 12.2. The van der Waals surface area contributed by atoms with Gasteiger partial charge in [-0.3, -0.25) is 4.40 Å². The zero-order chi connectivity index (χ0) is 30.9. The Morgan fingerprint density at radius 3 is 1.72 bits per heavy atom. The monoisotopic (exact) mass is 597 g/mol. The molecule has 47 heavy (non-hydrogen) atoms. The van der Waals surface area contributed by atoms with E-state index in [9.17, 15) is 0 Å². The zero-order valence-electron chi connectivity index (χ0n) is 25.4. The van der Waals surface area contributed by atoms with Crippen LogP contribution in [0.1, 0.15) is 0 Å². The van der Waals surface area contributed by atoms with Gasteiger partial charge in [-0.1, -0.05) is 127 Å². The Morgan fingerprint density at radius 1 is 0.404 bits per heavy atom. The summed E-state index contributed by atoms with van der Waals surface area (Å²) in [6, 6.07) is 56.4. The van der Waals surface area contributed by atoms with Gasteiger partial charge in [0.1, 0.15) is 11.2 Å². The molecule has 0 saturated carbocycles. The highest BCUT2D eigenvalue weighted by Crippen LogP contribution is 2.45. The first kappa shape index (κ1) is 26.0. The van der Waals surface area contributed by atoms with Crippen molar-refractivity contribution >= 4 is 59.9 Å². The van der Waals surface area contributed by atoms with E-state index in [0.29, 0.717) is 0 Å². The van der Waals surface area contributed by atoms with E-state index in [4.69, 9.17) is 9.97 Å². The number of pyridine rings is 2. The van der Waals surface area contributed by atoms with E-state index >= 15 is 0 Å². The van der Waals surface area contributed by atoms with Gasteiger partial charge in [-0.05, 0) is 84.9 Å². The average Bonchev–Trinajstić information content (AvgIpc) is 3.54. The molecule has 0 fully saturated rings. The molecular formula is C44H27N3. The number of benzene rings is 7. The summed E-state index contributed by atoms with van der Waals surface area (Å²) >= 11 is 0. The summed E-state index contributed by atoms with van der Waals surface area (Å²) in [5, 5.41) is 8.49. The summed E-state index contributed by atoms with van der Waals surface area (Å²) in [6.45, 7) is 0. The van der Waals surface area contributed by atoms with Gasteiger partial charge in [-0.2, -0.15) is 0 Å². The van der Waals surface area contributed by atoms with Crippen LogP contribution in [0.3, 0.4) is 0 Å². The number of rotatable bonds is 3. The summed E-state index contributed by atoms with van der Waals surface area (Å²) in [6.07, 6.45) is 2.08. The van der Waals surface area contributed by atoms with Gasteiger partial charge in [0.2, 0.25) is 0 Å². The summed E-state index contributed by atoms with van der Waals surface area (Å²) in [7, 11) is 0. The fourth-order valence-electron chi connectivity index (χ4n) is 7.45. The van der Waals surface area contributed by atoms with E-state index in [1.165, 1.54) is 49.0 Å². The third kappa shape index (κ3) is 3.93. The van der Waals surface area contributed by atoms with E-state index < -0.39 is 0 Å². The number of hydrogen-bond donors (Lipinski definition) is 0. The lowest BCUT2D eigenvalue weighted by molar-refractivity contribution is 1.22. The van der Waals surface area contributed by atoms with Crippen LogP contribution in [0.5, 0.6) is 0 Å². The first-order chi connectivity index (χ1) is 23.3. The summed E-state index contributed by atoms with van der Waals surface area (Å²) in [4.78, 5) is 10.5. The van der Waals surface area contributed by atoms with E-state index in [-0.39, 0.29) is 0 Å². The lowest BCUT2D eigenvalue weighted by Crippen LogP contribution is -1.93. The summed E-state index contributed by atoms with van der Waals surface area (Å²) < 4.78 is 2.17. The van der Waals surface area contributed by atoms with Gasteiger partial charge in [0, 0.05) is 17.1 Å². The quantitative estimate of drug-likeness (QED) is 0.190. The SMILES string of the molecule is c1ccc(-c2nc3ccc(-c4c5ccccc5c(-c5ccc6ccccc6c5)c5ccccc45)cc3c3nc4ccccn4c23)cc1. The van der Waals surface area contributed by atoms with Crippen molar-refractivity contribution in [2.24, 2.45) is 0 Å². The van der Waals surface area contributed by atoms with Gasteiger partial charge >= 0.3 is 0 Å². The molecule has 0 amide bonds. The third-order valence-corrected chi connectivity index (χ3v) is 9.54. The van der Waals surface area contributed by atoms with Crippen LogP contribution in [0.15, 0.2) is 164 Å². The van der Waals surface area contributed by atoms with Crippen molar-refractivity contribution in [3.05, 3.63) is 164 Å². The normalized spacial score (nSPS) is 11.8. The average molecular weight is 598 g/mol. The second kappa shape index (κ2) is 10.1. The van der Waals surface area contributed by atoms with Crippen molar-refractivity contribution in [3.8, 4) is 33.5 Å². The minimum atomic E-state index is 0.912. The maximum atomic E-state index is 5.27. The molecule has 7 aromatic carbocycles. The smallest absolute Gasteiger partial charge is 0.137 e. The number of fused-ring (bicyclic) bond motifs is 8. The molecule has 0 aliphatic carbocycles. The van der Waals surface area contributed by atoms with Crippen LogP contribution in [0.25, 0.3) is 93.4 Å². The maximum Gasteiger partial charge on any atom is 0.137 e. The topological polar surface area (TPSA) is 30.2 Å². The van der Waals surface area contributed by atoms with Crippen LogP contribution >= 0.6 is 0 Å². The molecule has 10 rings (SSSR count). The molecule has 0 atom stereocenters. The molecule has 0 aliphatic rings. The molecule has 0 unspecified atom stereocenters. The number of aromatic nitrogens is 3. The van der Waals surface area contributed by atoms with Gasteiger partial charge in [-0.25, -0.2) is 9.97 Å². The maximum absolute atomic E-state index is 5.27. The van der Waals surface area contributed by atoms with Crippen molar-refractivity contribution in [2.75, 3.05) is 0 Å². The van der Waals surface area contributed by atoms with E-state index in [1.807, 2.05) is 12.1 Å². The van der Waals surface area contributed by atoms with Crippen molar-refractivity contribution < 1.29 is 0 Å². The Bertz CT molecular complexity index is 2790. The summed E-state index contributed by atoms with van der Waals surface area (Å²) in [5.74, 6) is 0. The molecule has 3 heteroatoms. The fraction of sp³-hybridized carbons (Fsp3) is 0. The van der Waals surface area contributed by atoms with Gasteiger partial charge in [-0.15, -0.1) is 0 Å². The van der Waals surface area contributed by atoms with Crippen molar-refractivity contribution in [3.63, 3.8) is 0 Å². The van der Waals surface area contributed by atoms with Gasteiger partial charge in [0.15, 0.2) is 0 Å². The van der Waals surface area contributed by atoms with Crippen LogP contribution in [0, 0.1) is 0 Å². The molecule has 10 aromatic rings. The van der Waals surface area contributed by atoms with Crippen LogP contribution in [-0.4, -0.2) is 14.4 Å². The standard InChI is InChI=1S/C44H27N3/c1-2-13-29(14-3-1)42-44-43(46-39-20-10-11-25-47(39)44)37-27-32(23-24-38(37)45-42)41-35-18-8-6-16-33(35)40(34-17-7-9-19-36(34)41)31-22-21-28-12-4-5-15-30(28)26-31/h1-27H. The molecule has 0 bridgehead atoms. The van der Waals surface area contributed by atoms with E-state index in [1.54, 1.807) is 0 Å². The van der Waals surface area contributed by atoms with Crippen LogP contribution < -0.4 is 0 Å². The highest BCUT2D eigenvalue weighted by atomic mass is 15.0. The van der Waals surface area contributed by atoms with Gasteiger partial charge in [0.05, 0.1) is 16.7 Å². The van der Waals surface area contributed by atoms with Gasteiger partial charge in [0.25, 0.3) is 0 Å². The predicted octanol–water partition coefficient (Wildman–Crippen LogP) is 11.5. The fourth-order valence-corrected chi connectivity index (χ4v) is 7.45. The Labute approximate surface area is 271 Å². The van der Waals surface area contributed by atoms with E-state index in [2.05, 4.69) is 156 Å². The van der Waals surface area contributed by atoms with Crippen LogP contribution in [0.2, 0.25) is 0 Å². The molecule has 0 radical (unpaired) electrons. The molecule has 3 nitrogen and oxygen atoms in total. The number of nitrogens with zero attached hydrogens (tertiary/aromatic N) is 3. The van der Waals surface area contributed by atoms with Crippen molar-refractivity contribution in [1.82, 2.24) is 14.4 Å².